The number of nitrogens with zero attached hydrogens (tertiary/aromatic N) is 1. The van der Waals surface area contributed by atoms with Crippen LogP contribution < -0.4 is 5.32 Å². The monoisotopic (exact) mass is 269 g/mol. The molecule has 0 saturated heterocycles. The summed E-state index contributed by atoms with van der Waals surface area (Å²) in [7, 11) is 0. The Kier molecular flexibility index (Phi) is 3.16. The Balaban J connectivity index is 1.74. The summed E-state index contributed by atoms with van der Waals surface area (Å²) in [5.41, 5.74) is 2.57. The molecule has 3 aromatic rings. The lowest BCUT2D eigenvalue weighted by atomic mass is 10.1. The van der Waals surface area contributed by atoms with Gasteiger partial charge in [-0.1, -0.05) is 18.2 Å². The summed E-state index contributed by atoms with van der Waals surface area (Å²) in [6.07, 6.45) is 1.58. The summed E-state index contributed by atoms with van der Waals surface area (Å²) in [5.74, 6) is -0.568. The number of H-pyrrole nitrogens is 1. The lowest BCUT2D eigenvalue weighted by molar-refractivity contribution is 0.0950. The predicted octanol–water partition coefficient (Wildman–Crippen LogP) is 2.63. The van der Waals surface area contributed by atoms with E-state index in [0.717, 1.165) is 11.0 Å². The first-order chi connectivity index (χ1) is 9.74. The zero-order valence-electron chi connectivity index (χ0n) is 10.6. The van der Waals surface area contributed by atoms with E-state index >= 15 is 0 Å². The van der Waals surface area contributed by atoms with Crippen LogP contribution in [0.25, 0.3) is 11.0 Å². The maximum absolute atomic E-state index is 13.4. The second kappa shape index (κ2) is 5.13. The molecule has 0 atom stereocenters. The van der Waals surface area contributed by atoms with Crippen molar-refractivity contribution in [1.29, 1.82) is 0 Å². The molecule has 0 aliphatic carbocycles. The minimum atomic E-state index is -0.322. The quantitative estimate of drug-likeness (QED) is 0.768. The predicted molar refractivity (Wildman–Crippen MR) is 73.7 cm³/mol. The number of carbonyl (C=O) groups excluding carboxylic acids is 1. The highest BCUT2D eigenvalue weighted by Crippen LogP contribution is 2.12. The highest BCUT2D eigenvalue weighted by molar-refractivity contribution is 5.97. The number of hydrogen-bond donors (Lipinski definition) is 2. The Hall–Kier alpha value is -2.69. The zero-order chi connectivity index (χ0) is 13.9. The molecule has 2 aromatic carbocycles. The molecule has 100 valence electrons. The number of aromatic nitrogens is 2. The molecule has 1 heterocycles. The van der Waals surface area contributed by atoms with Crippen molar-refractivity contribution in [2.45, 2.75) is 6.54 Å². The van der Waals surface area contributed by atoms with Gasteiger partial charge in [0.15, 0.2) is 0 Å². The molecule has 0 bridgehead atoms. The van der Waals surface area contributed by atoms with E-state index in [4.69, 9.17) is 0 Å². The van der Waals surface area contributed by atoms with Crippen LogP contribution in [0.2, 0.25) is 0 Å². The minimum Gasteiger partial charge on any atom is -0.348 e. The SMILES string of the molecule is O=C(NCc1ccccc1F)c1ccc2nc[nH]c2c1. The first kappa shape index (κ1) is 12.3. The molecule has 0 fully saturated rings. The Labute approximate surface area is 114 Å². The fourth-order valence-electron chi connectivity index (χ4n) is 2.00. The van der Waals surface area contributed by atoms with E-state index in [1.165, 1.54) is 6.07 Å². The summed E-state index contributed by atoms with van der Waals surface area (Å²) < 4.78 is 13.4. The molecule has 0 radical (unpaired) electrons. The molecule has 2 N–H and O–H groups in total. The van der Waals surface area contributed by atoms with Crippen LogP contribution in [-0.4, -0.2) is 15.9 Å². The summed E-state index contributed by atoms with van der Waals surface area (Å²) in [6.45, 7) is 0.159. The largest absolute Gasteiger partial charge is 0.348 e. The first-order valence-electron chi connectivity index (χ1n) is 6.19. The molecule has 0 aliphatic heterocycles. The van der Waals surface area contributed by atoms with E-state index in [0.29, 0.717) is 11.1 Å². The van der Waals surface area contributed by atoms with Crippen LogP contribution in [0.5, 0.6) is 0 Å². The van der Waals surface area contributed by atoms with Gasteiger partial charge in [-0.05, 0) is 24.3 Å². The molecule has 20 heavy (non-hydrogen) atoms. The fraction of sp³-hybridized carbons (Fsp3) is 0.0667. The van der Waals surface area contributed by atoms with Gasteiger partial charge in [-0.25, -0.2) is 9.37 Å². The third-order valence-electron chi connectivity index (χ3n) is 3.08. The molecule has 0 saturated carbocycles. The molecule has 1 amide bonds. The third-order valence-corrected chi connectivity index (χ3v) is 3.08. The Bertz CT molecular complexity index is 766. The first-order valence-corrected chi connectivity index (χ1v) is 6.19. The Morgan fingerprint density at radius 3 is 2.95 bits per heavy atom. The number of aromatic amines is 1. The highest BCUT2D eigenvalue weighted by Gasteiger charge is 2.08. The van der Waals surface area contributed by atoms with Gasteiger partial charge in [-0.15, -0.1) is 0 Å². The van der Waals surface area contributed by atoms with Crippen LogP contribution in [0.3, 0.4) is 0 Å². The standard InChI is InChI=1S/C15H12FN3O/c16-12-4-2-1-3-11(12)8-17-15(20)10-5-6-13-14(7-10)19-9-18-13/h1-7,9H,8H2,(H,17,20)(H,18,19). The number of rotatable bonds is 3. The number of benzene rings is 2. The van der Waals surface area contributed by atoms with Crippen molar-refractivity contribution in [2.75, 3.05) is 0 Å². The topological polar surface area (TPSA) is 57.8 Å². The Morgan fingerprint density at radius 2 is 2.10 bits per heavy atom. The van der Waals surface area contributed by atoms with Gasteiger partial charge in [0.2, 0.25) is 0 Å². The van der Waals surface area contributed by atoms with Crippen LogP contribution in [-0.2, 0) is 6.54 Å². The second-order valence-corrected chi connectivity index (χ2v) is 4.41. The number of amides is 1. The molecular formula is C15H12FN3O. The molecular weight excluding hydrogens is 257 g/mol. The van der Waals surface area contributed by atoms with Crippen molar-refractivity contribution in [3.8, 4) is 0 Å². The van der Waals surface area contributed by atoms with Gasteiger partial charge in [0.05, 0.1) is 17.4 Å². The summed E-state index contributed by atoms with van der Waals surface area (Å²) in [6, 6.07) is 11.6. The van der Waals surface area contributed by atoms with Gasteiger partial charge < -0.3 is 10.3 Å². The maximum Gasteiger partial charge on any atom is 0.251 e. The minimum absolute atomic E-state index is 0.159. The number of fused-ring (bicyclic) bond motifs is 1. The van der Waals surface area contributed by atoms with Crippen LogP contribution in [0.1, 0.15) is 15.9 Å². The molecule has 4 nitrogen and oxygen atoms in total. The smallest absolute Gasteiger partial charge is 0.251 e. The normalized spacial score (nSPS) is 10.7. The molecule has 1 aromatic heterocycles. The molecule has 3 rings (SSSR count). The number of hydrogen-bond acceptors (Lipinski definition) is 2. The van der Waals surface area contributed by atoms with Crippen LogP contribution in [0, 0.1) is 5.82 Å². The number of imidazole rings is 1. The van der Waals surface area contributed by atoms with Crippen LogP contribution in [0.4, 0.5) is 4.39 Å². The maximum atomic E-state index is 13.4. The summed E-state index contributed by atoms with van der Waals surface area (Å²) >= 11 is 0. The zero-order valence-corrected chi connectivity index (χ0v) is 10.6. The van der Waals surface area contributed by atoms with Crippen molar-refractivity contribution in [3.63, 3.8) is 0 Å². The number of halogens is 1. The van der Waals surface area contributed by atoms with Gasteiger partial charge in [0.1, 0.15) is 5.82 Å². The average Bonchev–Trinajstić information content (AvgIpc) is 2.93. The molecule has 0 unspecified atom stereocenters. The van der Waals surface area contributed by atoms with E-state index in [1.807, 2.05) is 0 Å². The van der Waals surface area contributed by atoms with Gasteiger partial charge in [0, 0.05) is 17.7 Å². The molecule has 5 heteroatoms. The van der Waals surface area contributed by atoms with Crippen molar-refractivity contribution < 1.29 is 9.18 Å². The van der Waals surface area contributed by atoms with Gasteiger partial charge in [-0.3, -0.25) is 4.79 Å². The second-order valence-electron chi connectivity index (χ2n) is 4.41. The lowest BCUT2D eigenvalue weighted by Gasteiger charge is -2.06. The molecule has 0 aliphatic rings. The van der Waals surface area contributed by atoms with Crippen molar-refractivity contribution in [2.24, 2.45) is 0 Å². The Morgan fingerprint density at radius 1 is 1.25 bits per heavy atom. The third kappa shape index (κ3) is 2.38. The van der Waals surface area contributed by atoms with Crippen LogP contribution in [0.15, 0.2) is 48.8 Å². The fourth-order valence-corrected chi connectivity index (χ4v) is 2.00. The van der Waals surface area contributed by atoms with Crippen LogP contribution >= 0.6 is 0 Å². The van der Waals surface area contributed by atoms with Crippen molar-refractivity contribution in [1.82, 2.24) is 15.3 Å². The van der Waals surface area contributed by atoms with Gasteiger partial charge in [0.25, 0.3) is 5.91 Å². The average molecular weight is 269 g/mol. The van der Waals surface area contributed by atoms with E-state index in [9.17, 15) is 9.18 Å². The molecule has 0 spiro atoms. The van der Waals surface area contributed by atoms with E-state index in [-0.39, 0.29) is 18.3 Å². The van der Waals surface area contributed by atoms with Gasteiger partial charge in [-0.2, -0.15) is 0 Å². The van der Waals surface area contributed by atoms with Gasteiger partial charge >= 0.3 is 0 Å². The number of carbonyl (C=O) groups is 1. The van der Waals surface area contributed by atoms with Crippen molar-refractivity contribution in [3.05, 3.63) is 65.7 Å². The van der Waals surface area contributed by atoms with E-state index in [2.05, 4.69) is 15.3 Å². The number of nitrogens with one attached hydrogen (secondary N) is 2. The summed E-state index contributed by atoms with van der Waals surface area (Å²) in [4.78, 5) is 19.1. The summed E-state index contributed by atoms with van der Waals surface area (Å²) in [5, 5.41) is 2.70. The highest BCUT2D eigenvalue weighted by atomic mass is 19.1. The lowest BCUT2D eigenvalue weighted by Crippen LogP contribution is -2.23. The van der Waals surface area contributed by atoms with E-state index < -0.39 is 0 Å². The van der Waals surface area contributed by atoms with Crippen molar-refractivity contribution >= 4 is 16.9 Å². The van der Waals surface area contributed by atoms with E-state index in [1.54, 1.807) is 42.7 Å².